The molecule has 0 saturated carbocycles. The molecule has 4 rings (SSSR count). The summed E-state index contributed by atoms with van der Waals surface area (Å²) in [6.07, 6.45) is 4.63. The third-order valence-electron chi connectivity index (χ3n) is 6.20. The van der Waals surface area contributed by atoms with Gasteiger partial charge in [0.05, 0.1) is 19.4 Å². The summed E-state index contributed by atoms with van der Waals surface area (Å²) in [6, 6.07) is 13.6. The molecule has 1 saturated heterocycles. The van der Waals surface area contributed by atoms with Gasteiger partial charge in [0.15, 0.2) is 0 Å². The van der Waals surface area contributed by atoms with Gasteiger partial charge in [-0.3, -0.25) is 19.5 Å². The third-order valence-corrected chi connectivity index (χ3v) is 7.14. The van der Waals surface area contributed by atoms with E-state index >= 15 is 0 Å². The largest absolute Gasteiger partial charge is 0.465 e. The molecule has 0 spiro atoms. The van der Waals surface area contributed by atoms with Gasteiger partial charge in [0, 0.05) is 48.9 Å². The summed E-state index contributed by atoms with van der Waals surface area (Å²) >= 11 is 1.96. The summed E-state index contributed by atoms with van der Waals surface area (Å²) in [5.41, 5.74) is 4.68. The van der Waals surface area contributed by atoms with Gasteiger partial charge in [-0.15, -0.1) is 0 Å². The highest BCUT2D eigenvalue weighted by Gasteiger charge is 2.20. The van der Waals surface area contributed by atoms with Gasteiger partial charge in [-0.2, -0.15) is 16.9 Å². The number of anilines is 1. The second kappa shape index (κ2) is 12.7. The summed E-state index contributed by atoms with van der Waals surface area (Å²) in [7, 11) is 0. The van der Waals surface area contributed by atoms with Gasteiger partial charge < -0.3 is 10.1 Å². The van der Waals surface area contributed by atoms with E-state index in [1.54, 1.807) is 0 Å². The van der Waals surface area contributed by atoms with Crippen molar-refractivity contribution in [3.05, 3.63) is 64.7 Å². The Morgan fingerprint density at radius 2 is 1.89 bits per heavy atom. The molecule has 0 atom stereocenters. The first-order valence-electron chi connectivity index (χ1n) is 12.4. The number of esters is 1. The molecule has 1 fully saturated rings. The predicted octanol–water partition coefficient (Wildman–Crippen LogP) is 4.02. The number of benzene rings is 2. The van der Waals surface area contributed by atoms with Crippen LogP contribution in [0.1, 0.15) is 46.8 Å². The zero-order valence-corrected chi connectivity index (χ0v) is 21.2. The molecule has 0 aromatic heterocycles. The van der Waals surface area contributed by atoms with E-state index in [2.05, 4.69) is 27.3 Å². The van der Waals surface area contributed by atoms with Crippen molar-refractivity contribution in [1.29, 1.82) is 0 Å². The number of unbranched alkanes of at least 4 members (excludes halogenated alkanes) is 1. The molecule has 8 heteroatoms. The van der Waals surface area contributed by atoms with Gasteiger partial charge in [0.1, 0.15) is 0 Å². The Morgan fingerprint density at radius 1 is 1.09 bits per heavy atom. The molecule has 0 radical (unpaired) electrons. The van der Waals surface area contributed by atoms with Crippen molar-refractivity contribution in [3.8, 4) is 0 Å². The first-order chi connectivity index (χ1) is 17.1. The van der Waals surface area contributed by atoms with E-state index in [4.69, 9.17) is 4.74 Å². The summed E-state index contributed by atoms with van der Waals surface area (Å²) in [4.78, 5) is 27.1. The average Bonchev–Trinajstić information content (AvgIpc) is 2.88. The highest BCUT2D eigenvalue weighted by molar-refractivity contribution is 7.99. The van der Waals surface area contributed by atoms with E-state index < -0.39 is 0 Å². The number of hydrogen-bond donors (Lipinski definition) is 1. The number of amides is 1. The van der Waals surface area contributed by atoms with E-state index in [1.165, 1.54) is 5.56 Å². The maximum Gasteiger partial charge on any atom is 0.320 e. The Hall–Kier alpha value is -2.84. The Morgan fingerprint density at radius 3 is 2.66 bits per heavy atom. The van der Waals surface area contributed by atoms with Crippen LogP contribution in [-0.2, 0) is 22.5 Å². The highest BCUT2D eigenvalue weighted by Crippen LogP contribution is 2.21. The monoisotopic (exact) mass is 494 g/mol. The lowest BCUT2D eigenvalue weighted by Gasteiger charge is -2.28. The molecular formula is C27H34N4O3S. The minimum Gasteiger partial charge on any atom is -0.465 e. The van der Waals surface area contributed by atoms with E-state index in [0.29, 0.717) is 18.7 Å². The van der Waals surface area contributed by atoms with Crippen LogP contribution >= 0.6 is 11.8 Å². The Labute approximate surface area is 211 Å². The molecule has 35 heavy (non-hydrogen) atoms. The molecular weight excluding hydrogens is 460 g/mol. The SMILES string of the molecule is CCCCOC(=O)CN1CCc2ccc(C(=O)Nc3ccc(C=NN4CCSCC4)cc3)cc2C1. The topological polar surface area (TPSA) is 74.2 Å². The fourth-order valence-corrected chi connectivity index (χ4v) is 5.01. The predicted molar refractivity (Wildman–Crippen MR) is 142 cm³/mol. The van der Waals surface area contributed by atoms with Gasteiger partial charge in [-0.25, -0.2) is 0 Å². The van der Waals surface area contributed by atoms with E-state index in [9.17, 15) is 9.59 Å². The van der Waals surface area contributed by atoms with Crippen molar-refractivity contribution in [2.45, 2.75) is 32.7 Å². The molecule has 1 N–H and O–H groups in total. The number of fused-ring (bicyclic) bond motifs is 1. The Kier molecular flexibility index (Phi) is 9.20. The van der Waals surface area contributed by atoms with Crippen LogP contribution < -0.4 is 5.32 Å². The van der Waals surface area contributed by atoms with Crippen molar-refractivity contribution in [3.63, 3.8) is 0 Å². The van der Waals surface area contributed by atoms with Crippen LogP contribution in [0.5, 0.6) is 0 Å². The molecule has 2 heterocycles. The molecule has 2 aromatic rings. The molecule has 0 unspecified atom stereocenters. The van der Waals surface area contributed by atoms with Gasteiger partial charge in [-0.05, 0) is 53.8 Å². The van der Waals surface area contributed by atoms with Crippen molar-refractivity contribution < 1.29 is 14.3 Å². The molecule has 0 aliphatic carbocycles. The maximum absolute atomic E-state index is 12.9. The summed E-state index contributed by atoms with van der Waals surface area (Å²) in [6.45, 7) is 6.26. The van der Waals surface area contributed by atoms with Gasteiger partial charge in [0.25, 0.3) is 5.91 Å². The fourth-order valence-electron chi connectivity index (χ4n) is 4.12. The van der Waals surface area contributed by atoms with Crippen molar-refractivity contribution >= 4 is 35.5 Å². The number of ether oxygens (including phenoxy) is 1. The third kappa shape index (κ3) is 7.57. The minimum atomic E-state index is -0.181. The number of carbonyl (C=O) groups is 2. The van der Waals surface area contributed by atoms with Crippen LogP contribution in [0.15, 0.2) is 47.6 Å². The van der Waals surface area contributed by atoms with Crippen LogP contribution in [0.25, 0.3) is 0 Å². The molecule has 2 aromatic carbocycles. The van der Waals surface area contributed by atoms with Crippen LogP contribution in [0.4, 0.5) is 5.69 Å². The number of nitrogens with zero attached hydrogens (tertiary/aromatic N) is 3. The van der Waals surface area contributed by atoms with Gasteiger partial charge in [0.2, 0.25) is 0 Å². The normalized spacial score (nSPS) is 16.2. The van der Waals surface area contributed by atoms with Crippen LogP contribution in [0, 0.1) is 0 Å². The molecule has 2 aliphatic heterocycles. The quantitative estimate of drug-likeness (QED) is 0.322. The van der Waals surface area contributed by atoms with E-state index in [-0.39, 0.29) is 18.4 Å². The molecule has 7 nitrogen and oxygen atoms in total. The number of nitrogens with one attached hydrogen (secondary N) is 1. The molecule has 1 amide bonds. The lowest BCUT2D eigenvalue weighted by molar-refractivity contribution is -0.145. The second-order valence-corrected chi connectivity index (χ2v) is 10.1. The van der Waals surface area contributed by atoms with Gasteiger partial charge >= 0.3 is 5.97 Å². The standard InChI is InChI=1S/C27H34N4O3S/c1-2-3-14-34-26(32)20-30-11-10-22-6-7-23(17-24(22)19-30)27(33)29-25-8-4-21(5-9-25)18-28-31-12-15-35-16-13-31/h4-9,17-18H,2-3,10-16,19-20H2,1H3,(H,29,33). The first-order valence-corrected chi connectivity index (χ1v) is 13.5. The van der Waals surface area contributed by atoms with Crippen LogP contribution in [0.3, 0.4) is 0 Å². The zero-order chi connectivity index (χ0) is 24.5. The maximum atomic E-state index is 12.9. The molecule has 0 bridgehead atoms. The number of rotatable bonds is 9. The smallest absolute Gasteiger partial charge is 0.320 e. The number of carbonyl (C=O) groups excluding carboxylic acids is 2. The summed E-state index contributed by atoms with van der Waals surface area (Å²) < 4.78 is 5.30. The van der Waals surface area contributed by atoms with E-state index in [0.717, 1.165) is 67.2 Å². The minimum absolute atomic E-state index is 0.142. The summed E-state index contributed by atoms with van der Waals surface area (Å²) in [5.74, 6) is 1.92. The average molecular weight is 495 g/mol. The molecule has 186 valence electrons. The first kappa shape index (κ1) is 25.3. The lowest BCUT2D eigenvalue weighted by Crippen LogP contribution is -2.35. The van der Waals surface area contributed by atoms with Crippen LogP contribution in [0.2, 0.25) is 0 Å². The Bertz CT molecular complexity index is 1040. The van der Waals surface area contributed by atoms with Crippen molar-refractivity contribution in [2.75, 3.05) is 49.6 Å². The van der Waals surface area contributed by atoms with Crippen LogP contribution in [-0.4, -0.2) is 72.3 Å². The van der Waals surface area contributed by atoms with Gasteiger partial charge in [-0.1, -0.05) is 31.5 Å². The van der Waals surface area contributed by atoms with Crippen molar-refractivity contribution in [1.82, 2.24) is 9.91 Å². The molecule has 2 aliphatic rings. The lowest BCUT2D eigenvalue weighted by atomic mass is 9.97. The van der Waals surface area contributed by atoms with Crippen molar-refractivity contribution in [2.24, 2.45) is 5.10 Å². The summed E-state index contributed by atoms with van der Waals surface area (Å²) in [5, 5.41) is 9.63. The number of hydrazone groups is 1. The Balaban J connectivity index is 1.31. The number of thioether (sulfide) groups is 1. The second-order valence-electron chi connectivity index (χ2n) is 8.90. The van der Waals surface area contributed by atoms with E-state index in [1.807, 2.05) is 60.4 Å². The fraction of sp³-hybridized carbons (Fsp3) is 0.444. The highest BCUT2D eigenvalue weighted by atomic mass is 32.2. The zero-order valence-electron chi connectivity index (χ0n) is 20.4. The number of hydrogen-bond acceptors (Lipinski definition) is 7.